The largest absolute Gasteiger partial charge is 0.480 e. The van der Waals surface area contributed by atoms with E-state index in [2.05, 4.69) is 5.32 Å². The van der Waals surface area contributed by atoms with Crippen LogP contribution < -0.4 is 5.32 Å². The minimum Gasteiger partial charge on any atom is -0.480 e. The molecule has 0 spiro atoms. The Bertz CT molecular complexity index is 640. The quantitative estimate of drug-likeness (QED) is 0.122. The highest BCUT2D eigenvalue weighted by molar-refractivity contribution is 5.69. The molecular weight excluding hydrogens is 456 g/mol. The first kappa shape index (κ1) is 30.1. The van der Waals surface area contributed by atoms with Crippen molar-refractivity contribution in [1.29, 1.82) is 0 Å². The lowest BCUT2D eigenvalue weighted by atomic mass is 10.2. The predicted octanol–water partition coefficient (Wildman–Crippen LogP) is -4.01. The van der Waals surface area contributed by atoms with Crippen LogP contribution in [-0.2, 0) is 19.1 Å². The van der Waals surface area contributed by atoms with Crippen molar-refractivity contribution in [2.45, 2.75) is 12.2 Å². The Morgan fingerprint density at radius 3 is 1.97 bits per heavy atom. The van der Waals surface area contributed by atoms with Crippen molar-refractivity contribution in [3.05, 3.63) is 0 Å². The molecule has 14 heteroatoms. The SMILES string of the molecule is O=C(O)CN1CCNCC[N+](CC(=O)O)(CC(O)COCC(O)CO)CCN(CC(=O)O)CC1. The van der Waals surface area contributed by atoms with Gasteiger partial charge in [-0.1, -0.05) is 0 Å². The van der Waals surface area contributed by atoms with Crippen molar-refractivity contribution >= 4 is 17.9 Å². The molecule has 0 aromatic heterocycles. The number of aliphatic carboxylic acids is 3. The summed E-state index contributed by atoms with van der Waals surface area (Å²) in [5, 5.41) is 59.9. The zero-order chi connectivity index (χ0) is 25.6. The average Bonchev–Trinajstić information content (AvgIpc) is 2.72. The molecule has 1 aliphatic rings. The van der Waals surface area contributed by atoms with E-state index in [-0.39, 0.29) is 63.5 Å². The molecule has 3 atom stereocenters. The molecule has 0 aromatic rings. The summed E-state index contributed by atoms with van der Waals surface area (Å²) in [6, 6.07) is 0. The van der Waals surface area contributed by atoms with Crippen LogP contribution in [0.5, 0.6) is 0 Å². The molecule has 0 radical (unpaired) electrons. The number of nitrogens with one attached hydrogen (secondary N) is 1. The Morgan fingerprint density at radius 2 is 1.41 bits per heavy atom. The fraction of sp³-hybridized carbons (Fsp3) is 0.850. The van der Waals surface area contributed by atoms with Gasteiger partial charge in [0.1, 0.15) is 18.8 Å². The number of rotatable bonds is 13. The smallest absolute Gasteiger partial charge is 0.359 e. The molecule has 1 aliphatic heterocycles. The maximum absolute atomic E-state index is 11.7. The van der Waals surface area contributed by atoms with Gasteiger partial charge in [0.15, 0.2) is 6.54 Å². The van der Waals surface area contributed by atoms with Gasteiger partial charge in [-0.2, -0.15) is 0 Å². The van der Waals surface area contributed by atoms with Crippen LogP contribution >= 0.6 is 0 Å². The van der Waals surface area contributed by atoms with E-state index >= 15 is 0 Å². The first-order valence-electron chi connectivity index (χ1n) is 11.3. The molecule has 0 amide bonds. The monoisotopic (exact) mass is 495 g/mol. The van der Waals surface area contributed by atoms with Crippen LogP contribution in [0.25, 0.3) is 0 Å². The van der Waals surface area contributed by atoms with E-state index in [1.54, 1.807) is 9.80 Å². The van der Waals surface area contributed by atoms with E-state index in [1.807, 2.05) is 0 Å². The maximum Gasteiger partial charge on any atom is 0.359 e. The fourth-order valence-electron chi connectivity index (χ4n) is 3.93. The van der Waals surface area contributed by atoms with Gasteiger partial charge in [0.25, 0.3) is 0 Å². The first-order valence-corrected chi connectivity index (χ1v) is 11.3. The summed E-state index contributed by atoms with van der Waals surface area (Å²) in [5.74, 6) is -3.09. The second kappa shape index (κ2) is 15.9. The van der Waals surface area contributed by atoms with Gasteiger partial charge in [0.2, 0.25) is 0 Å². The summed E-state index contributed by atoms with van der Waals surface area (Å²) in [6.45, 7) is 1.22. The van der Waals surface area contributed by atoms with Gasteiger partial charge < -0.3 is 45.2 Å². The summed E-state index contributed by atoms with van der Waals surface area (Å²) in [7, 11) is 0. The standard InChI is InChI=1S/C20H38N4O10/c25-13-17(27)15-34-14-16(26)11-24(12-20(32)33)7-2-21-1-3-22(9-18(28)29)4-5-23(6-8-24)10-19(30)31/h16-17,21,25-27H,1-15H2,(H2-,28,29,30,31,32,33)/p+1. The van der Waals surface area contributed by atoms with Gasteiger partial charge in [0, 0.05) is 39.3 Å². The number of aliphatic hydroxyl groups is 3. The Hall–Kier alpha value is -1.91. The molecule has 0 aliphatic carbocycles. The molecule has 0 bridgehead atoms. The summed E-state index contributed by atoms with van der Waals surface area (Å²) in [5.41, 5.74) is 0. The highest BCUT2D eigenvalue weighted by atomic mass is 16.5. The Kier molecular flexibility index (Phi) is 14.1. The van der Waals surface area contributed by atoms with Crippen LogP contribution in [0, 0.1) is 0 Å². The van der Waals surface area contributed by atoms with Crippen molar-refractivity contribution in [2.24, 2.45) is 0 Å². The number of carboxylic acids is 3. The fourth-order valence-corrected chi connectivity index (χ4v) is 3.93. The van der Waals surface area contributed by atoms with Gasteiger partial charge in [-0.15, -0.1) is 0 Å². The second-order valence-corrected chi connectivity index (χ2v) is 8.64. The third kappa shape index (κ3) is 13.1. The number of hydrogen-bond donors (Lipinski definition) is 7. The second-order valence-electron chi connectivity index (χ2n) is 8.64. The van der Waals surface area contributed by atoms with Crippen molar-refractivity contribution in [1.82, 2.24) is 15.1 Å². The van der Waals surface area contributed by atoms with Crippen molar-refractivity contribution < 1.29 is 54.2 Å². The van der Waals surface area contributed by atoms with Gasteiger partial charge >= 0.3 is 17.9 Å². The van der Waals surface area contributed by atoms with Crippen molar-refractivity contribution in [2.75, 3.05) is 98.4 Å². The normalized spacial score (nSPS) is 23.4. The van der Waals surface area contributed by atoms with Gasteiger partial charge in [-0.3, -0.25) is 19.4 Å². The minimum atomic E-state index is -1.08. The highest BCUT2D eigenvalue weighted by Crippen LogP contribution is 2.11. The lowest BCUT2D eigenvalue weighted by Crippen LogP contribution is -2.61. The third-order valence-corrected chi connectivity index (χ3v) is 5.61. The molecule has 0 saturated carbocycles. The van der Waals surface area contributed by atoms with Crippen LogP contribution in [0.2, 0.25) is 0 Å². The number of ether oxygens (including phenoxy) is 1. The van der Waals surface area contributed by atoms with Crippen molar-refractivity contribution in [3.63, 3.8) is 0 Å². The Labute approximate surface area is 198 Å². The van der Waals surface area contributed by atoms with E-state index in [0.717, 1.165) is 0 Å². The molecule has 0 aromatic carbocycles. The van der Waals surface area contributed by atoms with E-state index in [9.17, 15) is 34.8 Å². The average molecular weight is 496 g/mol. The molecule has 7 N–H and O–H groups in total. The molecular formula is C20H39N4O10+. The molecule has 1 fully saturated rings. The topological polar surface area (TPSA) is 200 Å². The molecule has 198 valence electrons. The molecule has 3 unspecified atom stereocenters. The number of carbonyl (C=O) groups is 3. The lowest BCUT2D eigenvalue weighted by molar-refractivity contribution is -0.922. The number of aliphatic hydroxyl groups excluding tert-OH is 3. The molecule has 1 heterocycles. The van der Waals surface area contributed by atoms with Crippen molar-refractivity contribution in [3.8, 4) is 0 Å². The number of quaternary nitrogens is 1. The lowest BCUT2D eigenvalue weighted by Gasteiger charge is -2.40. The van der Waals surface area contributed by atoms with Crippen LogP contribution in [0.1, 0.15) is 0 Å². The predicted molar refractivity (Wildman–Crippen MR) is 118 cm³/mol. The van der Waals surface area contributed by atoms with E-state index in [0.29, 0.717) is 32.7 Å². The summed E-state index contributed by atoms with van der Waals surface area (Å²) in [4.78, 5) is 37.5. The molecule has 34 heavy (non-hydrogen) atoms. The highest BCUT2D eigenvalue weighted by Gasteiger charge is 2.34. The maximum atomic E-state index is 11.7. The third-order valence-electron chi connectivity index (χ3n) is 5.61. The van der Waals surface area contributed by atoms with Crippen LogP contribution in [0.4, 0.5) is 0 Å². The van der Waals surface area contributed by atoms with E-state index in [1.165, 1.54) is 0 Å². The van der Waals surface area contributed by atoms with Gasteiger partial charge in [-0.25, -0.2) is 4.79 Å². The van der Waals surface area contributed by atoms with E-state index < -0.39 is 36.7 Å². The Balaban J connectivity index is 2.96. The number of hydrogen-bond acceptors (Lipinski definition) is 10. The molecule has 1 saturated heterocycles. The summed E-state index contributed by atoms with van der Waals surface area (Å²) in [6.07, 6.45) is -2.12. The molecule has 14 nitrogen and oxygen atoms in total. The van der Waals surface area contributed by atoms with Crippen LogP contribution in [-0.4, -0.2) is 173 Å². The number of carboxylic acid groups (broad SMARTS) is 3. The number of nitrogens with zero attached hydrogens (tertiary/aromatic N) is 3. The minimum absolute atomic E-state index is 0.0234. The van der Waals surface area contributed by atoms with E-state index in [4.69, 9.17) is 14.9 Å². The Morgan fingerprint density at radius 1 is 0.824 bits per heavy atom. The van der Waals surface area contributed by atoms with Crippen LogP contribution in [0.15, 0.2) is 0 Å². The zero-order valence-corrected chi connectivity index (χ0v) is 19.4. The zero-order valence-electron chi connectivity index (χ0n) is 19.4. The van der Waals surface area contributed by atoms with Gasteiger partial charge in [0.05, 0.1) is 46.0 Å². The summed E-state index contributed by atoms with van der Waals surface area (Å²) < 4.78 is 5.20. The van der Waals surface area contributed by atoms with Gasteiger partial charge in [-0.05, 0) is 0 Å². The van der Waals surface area contributed by atoms with Crippen LogP contribution in [0.3, 0.4) is 0 Å². The first-order chi connectivity index (χ1) is 16.0. The summed E-state index contributed by atoms with van der Waals surface area (Å²) >= 11 is 0. The molecule has 1 rings (SSSR count).